The molecule has 4 heteroatoms. The second-order valence-electron chi connectivity index (χ2n) is 4.97. The third-order valence-electron chi connectivity index (χ3n) is 3.72. The lowest BCUT2D eigenvalue weighted by Crippen LogP contribution is -2.28. The number of thiophene rings is 2. The van der Waals surface area contributed by atoms with Gasteiger partial charge in [-0.3, -0.25) is 5.84 Å². The molecule has 0 aliphatic heterocycles. The van der Waals surface area contributed by atoms with Crippen molar-refractivity contribution in [1.82, 2.24) is 5.43 Å². The van der Waals surface area contributed by atoms with Gasteiger partial charge in [-0.25, -0.2) is 5.43 Å². The molecule has 0 bridgehead atoms. The Kier molecular flexibility index (Phi) is 3.24. The average Bonchev–Trinajstić information content (AvgIpc) is 3.14. The quantitative estimate of drug-likeness (QED) is 0.426. The Morgan fingerprint density at radius 2 is 1.81 bits per heavy atom. The summed E-state index contributed by atoms with van der Waals surface area (Å²) < 4.78 is 2.60. The summed E-state index contributed by atoms with van der Waals surface area (Å²) in [6, 6.07) is 19.3. The highest BCUT2D eigenvalue weighted by molar-refractivity contribution is 7.19. The maximum atomic E-state index is 5.88. The summed E-state index contributed by atoms with van der Waals surface area (Å²) in [5.41, 5.74) is 4.24. The van der Waals surface area contributed by atoms with Crippen LogP contribution in [0.3, 0.4) is 0 Å². The summed E-state index contributed by atoms with van der Waals surface area (Å²) in [5, 5.41) is 4.68. The molecule has 1 unspecified atom stereocenters. The zero-order chi connectivity index (χ0) is 14.2. The molecule has 0 aliphatic rings. The van der Waals surface area contributed by atoms with Crippen molar-refractivity contribution in [1.29, 1.82) is 0 Å². The van der Waals surface area contributed by atoms with E-state index in [1.165, 1.54) is 30.6 Å². The highest BCUT2D eigenvalue weighted by atomic mass is 32.1. The van der Waals surface area contributed by atoms with Gasteiger partial charge in [-0.1, -0.05) is 36.4 Å². The van der Waals surface area contributed by atoms with Crippen molar-refractivity contribution in [3.8, 4) is 0 Å². The lowest BCUT2D eigenvalue weighted by Gasteiger charge is -2.15. The van der Waals surface area contributed by atoms with Crippen molar-refractivity contribution in [2.45, 2.75) is 6.04 Å². The van der Waals surface area contributed by atoms with E-state index < -0.39 is 0 Å². The molecule has 2 heterocycles. The summed E-state index contributed by atoms with van der Waals surface area (Å²) in [5.74, 6) is 5.88. The van der Waals surface area contributed by atoms with Crippen LogP contribution >= 0.6 is 22.7 Å². The van der Waals surface area contributed by atoms with Gasteiger partial charge in [0, 0.05) is 14.3 Å². The maximum absolute atomic E-state index is 5.88. The standard InChI is InChI=1S/C17H14N2S2/c18-19-16(13-6-3-5-11-8-9-20-17(11)13)15-10-12-4-1-2-7-14(12)21-15/h1-10,16,19H,18H2. The van der Waals surface area contributed by atoms with Gasteiger partial charge in [0.15, 0.2) is 0 Å². The molecule has 0 fully saturated rings. The third kappa shape index (κ3) is 2.17. The second kappa shape index (κ2) is 5.24. The predicted molar refractivity (Wildman–Crippen MR) is 92.8 cm³/mol. The molecule has 2 aromatic carbocycles. The Labute approximate surface area is 130 Å². The van der Waals surface area contributed by atoms with Gasteiger partial charge in [-0.05, 0) is 39.9 Å². The lowest BCUT2D eigenvalue weighted by molar-refractivity contribution is 0.651. The summed E-state index contributed by atoms with van der Waals surface area (Å²) in [6.45, 7) is 0. The molecule has 2 aromatic heterocycles. The summed E-state index contributed by atoms with van der Waals surface area (Å²) in [4.78, 5) is 1.25. The molecule has 0 spiro atoms. The van der Waals surface area contributed by atoms with Crippen LogP contribution in [0.4, 0.5) is 0 Å². The molecule has 4 aromatic rings. The Balaban J connectivity index is 1.89. The summed E-state index contributed by atoms with van der Waals surface area (Å²) in [6.07, 6.45) is 0. The van der Waals surface area contributed by atoms with Crippen LogP contribution in [0, 0.1) is 0 Å². The van der Waals surface area contributed by atoms with Crippen LogP contribution < -0.4 is 11.3 Å². The van der Waals surface area contributed by atoms with Gasteiger partial charge >= 0.3 is 0 Å². The monoisotopic (exact) mass is 310 g/mol. The molecule has 0 saturated carbocycles. The van der Waals surface area contributed by atoms with Gasteiger partial charge < -0.3 is 0 Å². The number of benzene rings is 2. The normalized spacial score (nSPS) is 13.0. The van der Waals surface area contributed by atoms with Crippen molar-refractivity contribution < 1.29 is 0 Å². The molecule has 3 N–H and O–H groups in total. The SMILES string of the molecule is NNC(c1cc2ccccc2s1)c1cccc2ccsc12. The van der Waals surface area contributed by atoms with Crippen LogP contribution in [0.5, 0.6) is 0 Å². The number of hydrogen-bond donors (Lipinski definition) is 2. The van der Waals surface area contributed by atoms with E-state index in [9.17, 15) is 0 Å². The Morgan fingerprint density at radius 3 is 2.67 bits per heavy atom. The molecular formula is C17H14N2S2. The Hall–Kier alpha value is -1.72. The number of hydrazine groups is 1. The topological polar surface area (TPSA) is 38.0 Å². The predicted octanol–water partition coefficient (Wildman–Crippen LogP) is 4.67. The van der Waals surface area contributed by atoms with Gasteiger partial charge in [0.2, 0.25) is 0 Å². The first-order valence-electron chi connectivity index (χ1n) is 6.77. The summed E-state index contributed by atoms with van der Waals surface area (Å²) >= 11 is 3.57. The number of nitrogens with one attached hydrogen (secondary N) is 1. The molecule has 4 rings (SSSR count). The maximum Gasteiger partial charge on any atom is 0.0816 e. The van der Waals surface area contributed by atoms with Gasteiger partial charge in [-0.2, -0.15) is 0 Å². The number of hydrogen-bond acceptors (Lipinski definition) is 4. The van der Waals surface area contributed by atoms with Crippen LogP contribution in [0.2, 0.25) is 0 Å². The molecule has 21 heavy (non-hydrogen) atoms. The fourth-order valence-electron chi connectivity index (χ4n) is 2.71. The highest BCUT2D eigenvalue weighted by Crippen LogP contribution is 2.36. The van der Waals surface area contributed by atoms with E-state index in [-0.39, 0.29) is 6.04 Å². The second-order valence-corrected chi connectivity index (χ2v) is 7.00. The number of fused-ring (bicyclic) bond motifs is 2. The lowest BCUT2D eigenvalue weighted by atomic mass is 10.0. The van der Waals surface area contributed by atoms with Crippen LogP contribution in [0.15, 0.2) is 60.0 Å². The van der Waals surface area contributed by atoms with E-state index in [1.54, 1.807) is 22.7 Å². The zero-order valence-electron chi connectivity index (χ0n) is 11.2. The first-order chi connectivity index (χ1) is 10.4. The average molecular weight is 310 g/mol. The van der Waals surface area contributed by atoms with E-state index in [0.717, 1.165) is 0 Å². The molecule has 0 radical (unpaired) electrons. The fraction of sp³-hybridized carbons (Fsp3) is 0.0588. The first-order valence-corrected chi connectivity index (χ1v) is 8.47. The molecule has 0 aliphatic carbocycles. The van der Waals surface area contributed by atoms with Crippen molar-refractivity contribution in [3.05, 3.63) is 70.4 Å². The van der Waals surface area contributed by atoms with Gasteiger partial charge in [0.05, 0.1) is 6.04 Å². The van der Waals surface area contributed by atoms with Crippen LogP contribution in [0.1, 0.15) is 16.5 Å². The number of rotatable bonds is 3. The molecule has 104 valence electrons. The summed E-state index contributed by atoms with van der Waals surface area (Å²) in [7, 11) is 0. The number of nitrogens with two attached hydrogens (primary N) is 1. The third-order valence-corrected chi connectivity index (χ3v) is 5.88. The Bertz CT molecular complexity index is 874. The molecule has 0 saturated heterocycles. The minimum atomic E-state index is 0.0322. The van der Waals surface area contributed by atoms with E-state index in [4.69, 9.17) is 5.84 Å². The fourth-order valence-corrected chi connectivity index (χ4v) is 4.80. The zero-order valence-corrected chi connectivity index (χ0v) is 12.9. The van der Waals surface area contributed by atoms with Crippen molar-refractivity contribution >= 4 is 42.8 Å². The minimum absolute atomic E-state index is 0.0322. The van der Waals surface area contributed by atoms with Crippen molar-refractivity contribution in [2.24, 2.45) is 5.84 Å². The Morgan fingerprint density at radius 1 is 0.952 bits per heavy atom. The van der Waals surface area contributed by atoms with E-state index in [0.29, 0.717) is 0 Å². The van der Waals surface area contributed by atoms with Crippen LogP contribution in [0.25, 0.3) is 20.2 Å². The van der Waals surface area contributed by atoms with Crippen molar-refractivity contribution in [3.63, 3.8) is 0 Å². The largest absolute Gasteiger partial charge is 0.271 e. The van der Waals surface area contributed by atoms with Gasteiger partial charge in [0.25, 0.3) is 0 Å². The highest BCUT2D eigenvalue weighted by Gasteiger charge is 2.18. The molecule has 1 atom stereocenters. The van der Waals surface area contributed by atoms with Gasteiger partial charge in [0.1, 0.15) is 0 Å². The van der Waals surface area contributed by atoms with Gasteiger partial charge in [-0.15, -0.1) is 22.7 Å². The molecule has 0 amide bonds. The minimum Gasteiger partial charge on any atom is -0.271 e. The first kappa shape index (κ1) is 13.0. The van der Waals surface area contributed by atoms with E-state index in [1.807, 2.05) is 0 Å². The van der Waals surface area contributed by atoms with Crippen LogP contribution in [-0.2, 0) is 0 Å². The van der Waals surface area contributed by atoms with E-state index >= 15 is 0 Å². The van der Waals surface area contributed by atoms with Crippen LogP contribution in [-0.4, -0.2) is 0 Å². The smallest absolute Gasteiger partial charge is 0.0816 e. The molecule has 2 nitrogen and oxygen atoms in total. The molecular weight excluding hydrogens is 296 g/mol. The van der Waals surface area contributed by atoms with E-state index in [2.05, 4.69) is 65.4 Å². The van der Waals surface area contributed by atoms with Crippen molar-refractivity contribution in [2.75, 3.05) is 0 Å².